The van der Waals surface area contributed by atoms with E-state index >= 15 is 0 Å². The lowest BCUT2D eigenvalue weighted by Crippen LogP contribution is -2.32. The topological polar surface area (TPSA) is 9.23 Å². The van der Waals surface area contributed by atoms with Crippen molar-refractivity contribution >= 4 is 19.9 Å². The van der Waals surface area contributed by atoms with Crippen LogP contribution in [-0.2, 0) is 4.43 Å². The van der Waals surface area contributed by atoms with E-state index in [0.717, 1.165) is 19.3 Å². The van der Waals surface area contributed by atoms with Crippen molar-refractivity contribution in [3.63, 3.8) is 0 Å². The summed E-state index contributed by atoms with van der Waals surface area (Å²) >= 11 is 5.79. The Morgan fingerprint density at radius 1 is 1.53 bits per heavy atom. The van der Waals surface area contributed by atoms with Gasteiger partial charge >= 0.3 is 0 Å². The van der Waals surface area contributed by atoms with E-state index in [2.05, 4.69) is 45.6 Å². The van der Waals surface area contributed by atoms with E-state index in [1.165, 1.54) is 5.76 Å². The number of allylic oxidation sites excluding steroid dienone is 3. The minimum Gasteiger partial charge on any atom is -0.548 e. The lowest BCUT2D eigenvalue weighted by Gasteiger charge is -2.39. The van der Waals surface area contributed by atoms with Crippen molar-refractivity contribution in [1.82, 2.24) is 0 Å². The van der Waals surface area contributed by atoms with Gasteiger partial charge in [-0.25, -0.2) is 0 Å². The van der Waals surface area contributed by atoms with Crippen molar-refractivity contribution in [2.24, 2.45) is 11.3 Å². The average molecular weight is 273 g/mol. The van der Waals surface area contributed by atoms with Gasteiger partial charge < -0.3 is 4.43 Å². The monoisotopic (exact) mass is 272 g/mol. The fourth-order valence-electron chi connectivity index (χ4n) is 2.57. The number of rotatable bonds is 4. The van der Waals surface area contributed by atoms with E-state index in [1.807, 2.05) is 0 Å². The largest absolute Gasteiger partial charge is 0.548 e. The standard InChI is InChI=1S/C14H25ClOSi/c1-6-14(9-10-15)8-7-13(11-12(14)2)16-17(3,4)5/h9-12H,6-8H2,1-5H3. The zero-order chi connectivity index (χ0) is 13.1. The Kier molecular flexibility index (Phi) is 4.91. The van der Waals surface area contributed by atoms with E-state index in [-0.39, 0.29) is 5.41 Å². The van der Waals surface area contributed by atoms with Crippen molar-refractivity contribution in [2.45, 2.75) is 52.8 Å². The maximum atomic E-state index is 6.11. The predicted octanol–water partition coefficient (Wildman–Crippen LogP) is 5.30. The number of halogens is 1. The van der Waals surface area contributed by atoms with Crippen LogP contribution in [0.25, 0.3) is 0 Å². The molecule has 0 fully saturated rings. The molecule has 0 amide bonds. The van der Waals surface area contributed by atoms with Gasteiger partial charge in [-0.05, 0) is 49.9 Å². The van der Waals surface area contributed by atoms with E-state index in [0.29, 0.717) is 5.92 Å². The third-order valence-electron chi connectivity index (χ3n) is 3.67. The summed E-state index contributed by atoms with van der Waals surface area (Å²) in [5, 5.41) is 0. The normalized spacial score (nSPS) is 30.5. The first-order valence-electron chi connectivity index (χ1n) is 6.50. The Balaban J connectivity index is 2.84. The Bertz CT molecular complexity index is 317. The van der Waals surface area contributed by atoms with Gasteiger partial charge in [-0.2, -0.15) is 0 Å². The van der Waals surface area contributed by atoms with Gasteiger partial charge in [-0.1, -0.05) is 31.5 Å². The zero-order valence-corrected chi connectivity index (χ0v) is 13.5. The Hall–Kier alpha value is -0.213. The van der Waals surface area contributed by atoms with E-state index in [4.69, 9.17) is 16.0 Å². The SMILES string of the molecule is CCC1(C=CCl)CCC(O[Si](C)(C)C)=CC1C. The molecular formula is C14H25ClOSi. The summed E-state index contributed by atoms with van der Waals surface area (Å²) in [5.41, 5.74) is 1.91. The van der Waals surface area contributed by atoms with Crippen LogP contribution < -0.4 is 0 Å². The molecule has 3 heteroatoms. The van der Waals surface area contributed by atoms with Crippen LogP contribution in [0, 0.1) is 11.3 Å². The molecule has 17 heavy (non-hydrogen) atoms. The lowest BCUT2D eigenvalue weighted by atomic mass is 9.68. The molecule has 0 aromatic carbocycles. The summed E-state index contributed by atoms with van der Waals surface area (Å²) in [6.45, 7) is 11.2. The van der Waals surface area contributed by atoms with Crippen LogP contribution in [0.3, 0.4) is 0 Å². The van der Waals surface area contributed by atoms with Gasteiger partial charge in [-0.15, -0.1) is 0 Å². The van der Waals surface area contributed by atoms with Crippen LogP contribution in [0.1, 0.15) is 33.1 Å². The van der Waals surface area contributed by atoms with Crippen LogP contribution in [0.2, 0.25) is 19.6 Å². The van der Waals surface area contributed by atoms with Crippen molar-refractivity contribution in [3.05, 3.63) is 23.4 Å². The molecule has 1 nitrogen and oxygen atoms in total. The van der Waals surface area contributed by atoms with Crippen molar-refractivity contribution < 1.29 is 4.43 Å². The number of hydrogen-bond donors (Lipinski definition) is 0. The first kappa shape index (κ1) is 14.8. The Morgan fingerprint density at radius 3 is 2.59 bits per heavy atom. The number of hydrogen-bond acceptors (Lipinski definition) is 1. The quantitative estimate of drug-likeness (QED) is 0.631. The van der Waals surface area contributed by atoms with Gasteiger partial charge in [0.1, 0.15) is 0 Å². The molecule has 0 N–H and O–H groups in total. The molecule has 0 saturated carbocycles. The second kappa shape index (κ2) is 5.62. The molecule has 1 aliphatic carbocycles. The van der Waals surface area contributed by atoms with Crippen LogP contribution in [-0.4, -0.2) is 8.32 Å². The molecule has 0 aliphatic heterocycles. The van der Waals surface area contributed by atoms with Gasteiger partial charge in [0.25, 0.3) is 0 Å². The molecule has 0 aromatic rings. The van der Waals surface area contributed by atoms with E-state index in [9.17, 15) is 0 Å². The maximum Gasteiger partial charge on any atom is 0.241 e. The zero-order valence-electron chi connectivity index (χ0n) is 11.7. The van der Waals surface area contributed by atoms with Crippen LogP contribution in [0.4, 0.5) is 0 Å². The molecule has 2 atom stereocenters. The first-order chi connectivity index (χ1) is 7.83. The fraction of sp³-hybridized carbons (Fsp3) is 0.714. The fourth-order valence-corrected chi connectivity index (χ4v) is 3.77. The molecule has 1 aliphatic rings. The van der Waals surface area contributed by atoms with Gasteiger partial charge in [0.05, 0.1) is 5.76 Å². The summed E-state index contributed by atoms with van der Waals surface area (Å²) in [6.07, 6.45) is 7.80. The smallest absolute Gasteiger partial charge is 0.241 e. The molecule has 0 radical (unpaired) electrons. The second-order valence-electron chi connectivity index (χ2n) is 6.02. The summed E-state index contributed by atoms with van der Waals surface area (Å²) < 4.78 is 6.11. The Labute approximate surface area is 112 Å². The lowest BCUT2D eigenvalue weighted by molar-refractivity contribution is 0.216. The molecule has 98 valence electrons. The third-order valence-corrected chi connectivity index (χ3v) is 4.67. The second-order valence-corrected chi connectivity index (χ2v) is 10.7. The highest BCUT2D eigenvalue weighted by molar-refractivity contribution is 6.70. The van der Waals surface area contributed by atoms with E-state index < -0.39 is 8.32 Å². The highest BCUT2D eigenvalue weighted by Gasteiger charge is 2.35. The summed E-state index contributed by atoms with van der Waals surface area (Å²) in [5.74, 6) is 1.70. The van der Waals surface area contributed by atoms with Crippen LogP contribution in [0.15, 0.2) is 23.4 Å². The highest BCUT2D eigenvalue weighted by atomic mass is 35.5. The molecular weight excluding hydrogens is 248 g/mol. The Morgan fingerprint density at radius 2 is 2.18 bits per heavy atom. The van der Waals surface area contributed by atoms with Crippen LogP contribution >= 0.6 is 11.6 Å². The van der Waals surface area contributed by atoms with Gasteiger partial charge in [0.2, 0.25) is 8.32 Å². The predicted molar refractivity (Wildman–Crippen MR) is 78.6 cm³/mol. The third kappa shape index (κ3) is 3.89. The minimum absolute atomic E-state index is 0.230. The van der Waals surface area contributed by atoms with Crippen molar-refractivity contribution in [3.8, 4) is 0 Å². The summed E-state index contributed by atoms with van der Waals surface area (Å²) in [7, 11) is -1.46. The van der Waals surface area contributed by atoms with Crippen LogP contribution in [0.5, 0.6) is 0 Å². The first-order valence-corrected chi connectivity index (χ1v) is 10.3. The van der Waals surface area contributed by atoms with Crippen molar-refractivity contribution in [2.75, 3.05) is 0 Å². The van der Waals surface area contributed by atoms with Crippen molar-refractivity contribution in [1.29, 1.82) is 0 Å². The molecule has 0 bridgehead atoms. The summed E-state index contributed by atoms with van der Waals surface area (Å²) in [6, 6.07) is 0. The molecule has 0 aromatic heterocycles. The molecule has 0 spiro atoms. The van der Waals surface area contributed by atoms with Gasteiger partial charge in [-0.3, -0.25) is 0 Å². The van der Waals surface area contributed by atoms with Gasteiger partial charge in [0, 0.05) is 12.0 Å². The molecule has 1 rings (SSSR count). The van der Waals surface area contributed by atoms with E-state index in [1.54, 1.807) is 5.54 Å². The molecule has 0 heterocycles. The summed E-state index contributed by atoms with van der Waals surface area (Å²) in [4.78, 5) is 0. The molecule has 2 unspecified atom stereocenters. The average Bonchev–Trinajstić information content (AvgIpc) is 2.20. The molecule has 0 saturated heterocycles. The minimum atomic E-state index is -1.46. The van der Waals surface area contributed by atoms with Gasteiger partial charge in [0.15, 0.2) is 0 Å². The highest BCUT2D eigenvalue weighted by Crippen LogP contribution is 2.44. The maximum absolute atomic E-state index is 6.11.